The van der Waals surface area contributed by atoms with Gasteiger partial charge in [-0.15, -0.1) is 0 Å². The fraction of sp³-hybridized carbons (Fsp3) is 0.500. The van der Waals surface area contributed by atoms with Crippen LogP contribution in [-0.2, 0) is 13.1 Å². The third-order valence-electron chi connectivity index (χ3n) is 3.18. The van der Waals surface area contributed by atoms with Gasteiger partial charge in [0.15, 0.2) is 5.96 Å². The van der Waals surface area contributed by atoms with E-state index in [4.69, 9.17) is 8.83 Å². The Morgan fingerprint density at radius 3 is 1.62 bits per heavy atom. The van der Waals surface area contributed by atoms with Crippen LogP contribution in [0.2, 0.25) is 0 Å². The van der Waals surface area contributed by atoms with Crippen LogP contribution in [0, 0.1) is 27.7 Å². The van der Waals surface area contributed by atoms with E-state index >= 15 is 0 Å². The molecule has 2 aromatic rings. The summed E-state index contributed by atoms with van der Waals surface area (Å²) < 4.78 is 11.0. The predicted octanol–water partition coefficient (Wildman–Crippen LogP) is 1.76. The zero-order chi connectivity index (χ0) is 15.4. The van der Waals surface area contributed by atoms with Crippen LogP contribution in [0.3, 0.4) is 0 Å². The number of aliphatic imine (C=N–C) groups is 1. The molecule has 0 saturated carbocycles. The third-order valence-corrected chi connectivity index (χ3v) is 3.18. The van der Waals surface area contributed by atoms with Gasteiger partial charge >= 0.3 is 0 Å². The fourth-order valence-corrected chi connectivity index (χ4v) is 1.77. The van der Waals surface area contributed by atoms with Gasteiger partial charge in [0.1, 0.15) is 11.5 Å². The Morgan fingerprint density at radius 1 is 0.905 bits per heavy atom. The van der Waals surface area contributed by atoms with Crippen molar-refractivity contribution < 1.29 is 8.83 Å². The molecule has 0 aliphatic heterocycles. The van der Waals surface area contributed by atoms with Gasteiger partial charge in [-0.1, -0.05) is 0 Å². The first-order valence-corrected chi connectivity index (χ1v) is 6.80. The van der Waals surface area contributed by atoms with Crippen molar-refractivity contribution in [2.24, 2.45) is 4.99 Å². The minimum absolute atomic E-state index is 0.470. The molecule has 2 aromatic heterocycles. The maximum Gasteiger partial charge on any atom is 0.214 e. The second-order valence-electron chi connectivity index (χ2n) is 4.78. The third kappa shape index (κ3) is 3.84. The highest BCUT2D eigenvalue weighted by Crippen LogP contribution is 2.08. The van der Waals surface area contributed by atoms with E-state index < -0.39 is 0 Å². The molecule has 0 fully saturated rings. The van der Waals surface area contributed by atoms with Crippen LogP contribution in [0.15, 0.2) is 13.8 Å². The SMILES string of the molecule is CN=C(NCc1nc(C)c(C)o1)NCc1nc(C)c(C)o1. The van der Waals surface area contributed by atoms with E-state index in [2.05, 4.69) is 25.6 Å². The molecule has 0 saturated heterocycles. The molecule has 0 aliphatic carbocycles. The molecule has 0 amide bonds. The number of hydrogen-bond acceptors (Lipinski definition) is 5. The summed E-state index contributed by atoms with van der Waals surface area (Å²) in [5.41, 5.74) is 1.81. The summed E-state index contributed by atoms with van der Waals surface area (Å²) in [5, 5.41) is 6.26. The maximum absolute atomic E-state index is 5.50. The standard InChI is InChI=1S/C14H21N5O2/c1-8-10(3)20-12(18-8)6-16-14(15-5)17-7-13-19-9(2)11(4)21-13/h6-7H2,1-5H3,(H2,15,16,17). The topological polar surface area (TPSA) is 88.5 Å². The summed E-state index contributed by atoms with van der Waals surface area (Å²) in [7, 11) is 1.70. The molecule has 21 heavy (non-hydrogen) atoms. The largest absolute Gasteiger partial charge is 0.444 e. The van der Waals surface area contributed by atoms with Crippen molar-refractivity contribution in [2.45, 2.75) is 40.8 Å². The Balaban J connectivity index is 1.86. The van der Waals surface area contributed by atoms with E-state index in [1.165, 1.54) is 0 Å². The number of aryl methyl sites for hydroxylation is 4. The number of hydrogen-bond donors (Lipinski definition) is 2. The molecule has 0 aromatic carbocycles. The van der Waals surface area contributed by atoms with E-state index in [-0.39, 0.29) is 0 Å². The monoisotopic (exact) mass is 291 g/mol. The molecule has 0 unspecified atom stereocenters. The van der Waals surface area contributed by atoms with Gasteiger partial charge < -0.3 is 19.5 Å². The number of nitrogens with zero attached hydrogens (tertiary/aromatic N) is 3. The number of rotatable bonds is 4. The average Bonchev–Trinajstić information content (AvgIpc) is 2.93. The highest BCUT2D eigenvalue weighted by atomic mass is 16.4. The van der Waals surface area contributed by atoms with Gasteiger partial charge in [0.25, 0.3) is 0 Å². The highest BCUT2D eigenvalue weighted by Gasteiger charge is 2.08. The summed E-state index contributed by atoms with van der Waals surface area (Å²) >= 11 is 0. The number of nitrogens with one attached hydrogen (secondary N) is 2. The van der Waals surface area contributed by atoms with Crippen LogP contribution in [-0.4, -0.2) is 23.0 Å². The second kappa shape index (κ2) is 6.43. The molecule has 0 spiro atoms. The van der Waals surface area contributed by atoms with Crippen molar-refractivity contribution in [3.63, 3.8) is 0 Å². The number of guanidine groups is 1. The Kier molecular flexibility index (Phi) is 4.62. The lowest BCUT2D eigenvalue weighted by atomic mass is 10.4. The zero-order valence-corrected chi connectivity index (χ0v) is 13.1. The van der Waals surface area contributed by atoms with Crippen LogP contribution < -0.4 is 10.6 Å². The Bertz CT molecular complexity index is 551. The molecular formula is C14H21N5O2. The fourth-order valence-electron chi connectivity index (χ4n) is 1.77. The summed E-state index contributed by atoms with van der Waals surface area (Å²) in [4.78, 5) is 12.7. The van der Waals surface area contributed by atoms with Gasteiger partial charge in [-0.2, -0.15) is 0 Å². The minimum Gasteiger partial charge on any atom is -0.444 e. The van der Waals surface area contributed by atoms with Gasteiger partial charge in [-0.05, 0) is 27.7 Å². The molecule has 2 N–H and O–H groups in total. The Morgan fingerprint density at radius 2 is 1.33 bits per heavy atom. The molecule has 7 nitrogen and oxygen atoms in total. The van der Waals surface area contributed by atoms with Gasteiger partial charge in [-0.25, -0.2) is 9.97 Å². The molecule has 114 valence electrons. The quantitative estimate of drug-likeness (QED) is 0.659. The number of aromatic nitrogens is 2. The van der Waals surface area contributed by atoms with Gasteiger partial charge in [0.2, 0.25) is 11.8 Å². The van der Waals surface area contributed by atoms with Crippen LogP contribution in [0.25, 0.3) is 0 Å². The van der Waals surface area contributed by atoms with Crippen LogP contribution >= 0.6 is 0 Å². The lowest BCUT2D eigenvalue weighted by Gasteiger charge is -2.08. The second-order valence-corrected chi connectivity index (χ2v) is 4.78. The van der Waals surface area contributed by atoms with Gasteiger partial charge in [0.05, 0.1) is 24.5 Å². The van der Waals surface area contributed by atoms with E-state index in [0.29, 0.717) is 30.8 Å². The summed E-state index contributed by atoms with van der Waals surface area (Å²) in [6.45, 7) is 8.57. The number of oxazole rings is 2. The summed E-state index contributed by atoms with van der Waals surface area (Å²) in [6, 6.07) is 0. The molecule has 0 bridgehead atoms. The molecule has 7 heteroatoms. The van der Waals surface area contributed by atoms with Crippen LogP contribution in [0.5, 0.6) is 0 Å². The minimum atomic E-state index is 0.470. The Hall–Kier alpha value is -2.31. The van der Waals surface area contributed by atoms with E-state index in [1.807, 2.05) is 27.7 Å². The van der Waals surface area contributed by atoms with Crippen molar-refractivity contribution in [3.8, 4) is 0 Å². The first-order chi connectivity index (χ1) is 9.99. The predicted molar refractivity (Wildman–Crippen MR) is 79.0 cm³/mol. The van der Waals surface area contributed by atoms with Crippen molar-refractivity contribution >= 4 is 5.96 Å². The smallest absolute Gasteiger partial charge is 0.214 e. The first kappa shape index (κ1) is 15.1. The lowest BCUT2D eigenvalue weighted by molar-refractivity contribution is 0.457. The zero-order valence-electron chi connectivity index (χ0n) is 13.1. The molecule has 0 aliphatic rings. The summed E-state index contributed by atoms with van der Waals surface area (Å²) in [6.07, 6.45) is 0. The van der Waals surface area contributed by atoms with Crippen LogP contribution in [0.4, 0.5) is 0 Å². The molecule has 0 radical (unpaired) electrons. The van der Waals surface area contributed by atoms with Gasteiger partial charge in [0, 0.05) is 7.05 Å². The Labute approximate surface area is 123 Å². The van der Waals surface area contributed by atoms with Crippen molar-refractivity contribution in [1.82, 2.24) is 20.6 Å². The lowest BCUT2D eigenvalue weighted by Crippen LogP contribution is -2.36. The molecule has 2 rings (SSSR count). The van der Waals surface area contributed by atoms with Gasteiger partial charge in [-0.3, -0.25) is 4.99 Å². The summed E-state index contributed by atoms with van der Waals surface area (Å²) in [5.74, 6) is 3.57. The van der Waals surface area contributed by atoms with Crippen LogP contribution in [0.1, 0.15) is 34.7 Å². The van der Waals surface area contributed by atoms with E-state index in [1.54, 1.807) is 7.05 Å². The highest BCUT2D eigenvalue weighted by molar-refractivity contribution is 5.79. The van der Waals surface area contributed by atoms with E-state index in [0.717, 1.165) is 22.9 Å². The van der Waals surface area contributed by atoms with Crippen molar-refractivity contribution in [1.29, 1.82) is 0 Å². The molecule has 2 heterocycles. The van der Waals surface area contributed by atoms with Crippen molar-refractivity contribution in [2.75, 3.05) is 7.05 Å². The molecular weight excluding hydrogens is 270 g/mol. The molecule has 0 atom stereocenters. The first-order valence-electron chi connectivity index (χ1n) is 6.80. The van der Waals surface area contributed by atoms with E-state index in [9.17, 15) is 0 Å². The normalized spacial score (nSPS) is 10.5. The van der Waals surface area contributed by atoms with Crippen molar-refractivity contribution in [3.05, 3.63) is 34.7 Å². The average molecular weight is 291 g/mol. The maximum atomic E-state index is 5.50.